The zero-order valence-electron chi connectivity index (χ0n) is 22.0. The fourth-order valence-corrected chi connectivity index (χ4v) is 6.83. The number of hydrogen-bond acceptors (Lipinski definition) is 7. The summed E-state index contributed by atoms with van der Waals surface area (Å²) >= 11 is 0. The predicted molar refractivity (Wildman–Crippen MR) is 147 cm³/mol. The molecule has 0 saturated carbocycles. The van der Waals surface area contributed by atoms with E-state index in [0.717, 1.165) is 23.9 Å². The van der Waals surface area contributed by atoms with Crippen LogP contribution in [-0.2, 0) is 32.2 Å². The number of carbonyl (C=O) groups excluding carboxylic acids is 3. The van der Waals surface area contributed by atoms with Gasteiger partial charge in [0.05, 0.1) is 40.8 Å². The predicted octanol–water partition coefficient (Wildman–Crippen LogP) is 1.59. The summed E-state index contributed by atoms with van der Waals surface area (Å²) in [4.78, 5) is 46.4. The van der Waals surface area contributed by atoms with Crippen LogP contribution in [0, 0.1) is 11.3 Å². The zero-order chi connectivity index (χ0) is 27.8. The molecule has 7 heterocycles. The van der Waals surface area contributed by atoms with Crippen molar-refractivity contribution in [1.29, 1.82) is 5.26 Å². The molecule has 4 aromatic rings. The van der Waals surface area contributed by atoms with E-state index >= 15 is 0 Å². The van der Waals surface area contributed by atoms with Crippen LogP contribution in [0.4, 0.5) is 0 Å². The van der Waals surface area contributed by atoms with E-state index in [1.807, 2.05) is 39.8 Å². The van der Waals surface area contributed by atoms with E-state index in [1.165, 1.54) is 0 Å². The molecule has 3 unspecified atom stereocenters. The summed E-state index contributed by atoms with van der Waals surface area (Å²) in [6, 6.07) is 12.8. The first kappa shape index (κ1) is 24.0. The number of nitriles is 1. The molecule has 2 bridgehead atoms. The third-order valence-corrected chi connectivity index (χ3v) is 8.69. The van der Waals surface area contributed by atoms with Gasteiger partial charge in [0.25, 0.3) is 11.8 Å². The van der Waals surface area contributed by atoms with E-state index in [1.54, 1.807) is 22.9 Å². The van der Waals surface area contributed by atoms with Crippen LogP contribution in [0.15, 0.2) is 48.8 Å². The van der Waals surface area contributed by atoms with Gasteiger partial charge in [-0.15, -0.1) is 0 Å². The number of amides is 3. The summed E-state index contributed by atoms with van der Waals surface area (Å²) < 4.78 is 9.56. The van der Waals surface area contributed by atoms with Crippen molar-refractivity contribution >= 4 is 45.4 Å². The number of nitrogens with one attached hydrogen (secondary N) is 2. The van der Waals surface area contributed by atoms with E-state index in [4.69, 9.17) is 4.74 Å². The number of carbonyl (C=O) groups is 3. The molecule has 11 heteroatoms. The van der Waals surface area contributed by atoms with E-state index in [-0.39, 0.29) is 35.8 Å². The molecule has 11 nitrogen and oxygen atoms in total. The third-order valence-electron chi connectivity index (χ3n) is 8.69. The highest BCUT2D eigenvalue weighted by Gasteiger charge is 2.39. The molecule has 8 rings (SSSR count). The highest BCUT2D eigenvalue weighted by Crippen LogP contribution is 2.38. The lowest BCUT2D eigenvalue weighted by Gasteiger charge is -2.34. The summed E-state index contributed by atoms with van der Waals surface area (Å²) in [6.45, 7) is 1.86. The minimum atomic E-state index is -0.518. The summed E-state index contributed by atoms with van der Waals surface area (Å²) in [5, 5.41) is 16.7. The molecule has 1 aromatic carbocycles. The summed E-state index contributed by atoms with van der Waals surface area (Å²) in [7, 11) is 0. The molecule has 0 aliphatic carbocycles. The number of morpholine rings is 1. The topological polar surface area (TPSA) is 134 Å². The van der Waals surface area contributed by atoms with Crippen LogP contribution in [0.5, 0.6) is 0 Å². The van der Waals surface area contributed by atoms with Gasteiger partial charge in [-0.05, 0) is 42.2 Å². The number of hydrogen-bond donors (Lipinski definition) is 2. The molecule has 4 aliphatic rings. The number of rotatable bonds is 3. The maximum Gasteiger partial charge on any atom is 0.261 e. The average Bonchev–Trinajstić information content (AvgIpc) is 3.70. The molecular weight excluding hydrogens is 522 g/mol. The van der Waals surface area contributed by atoms with Gasteiger partial charge in [0.2, 0.25) is 5.91 Å². The zero-order valence-corrected chi connectivity index (χ0v) is 22.0. The van der Waals surface area contributed by atoms with Gasteiger partial charge in [0.1, 0.15) is 23.5 Å². The first-order valence-corrected chi connectivity index (χ1v) is 13.8. The van der Waals surface area contributed by atoms with Crippen LogP contribution in [0.1, 0.15) is 35.4 Å². The lowest BCUT2D eigenvalue weighted by atomic mass is 9.95. The van der Waals surface area contributed by atoms with Gasteiger partial charge >= 0.3 is 0 Å². The Hall–Kier alpha value is -4.79. The van der Waals surface area contributed by atoms with Crippen LogP contribution < -0.4 is 10.6 Å². The second-order valence-corrected chi connectivity index (χ2v) is 11.0. The standard InChI is InChI=1S/C30H25N7O4/c31-10-17-9-21-20(25-26(29(39)34-28(25)38)23-12-33-24-3-1-2-8-36(23)24)7-4-16-11-32-22(15-37(17)27(16)21)30(40)35-13-18-5-6-19(14-35)41-18/h1-4,7-9,12,18-19,22,32H,5-6,11,13-15H2,(H,34,38,39). The number of pyridine rings is 1. The Morgan fingerprint density at radius 2 is 1.85 bits per heavy atom. The monoisotopic (exact) mass is 547 g/mol. The Labute approximate surface area is 234 Å². The van der Waals surface area contributed by atoms with Crippen molar-refractivity contribution < 1.29 is 19.1 Å². The van der Waals surface area contributed by atoms with Crippen LogP contribution >= 0.6 is 0 Å². The molecule has 3 aromatic heterocycles. The second kappa shape index (κ2) is 8.86. The Morgan fingerprint density at radius 1 is 1.05 bits per heavy atom. The number of likely N-dealkylation sites (tertiary alicyclic amines) is 1. The average molecular weight is 548 g/mol. The summed E-state index contributed by atoms with van der Waals surface area (Å²) in [6.07, 6.45) is 5.51. The number of benzene rings is 1. The molecule has 0 radical (unpaired) electrons. The van der Waals surface area contributed by atoms with E-state index < -0.39 is 17.9 Å². The Kier molecular flexibility index (Phi) is 5.19. The normalized spacial score (nSPS) is 23.8. The number of imide groups is 1. The van der Waals surface area contributed by atoms with Crippen LogP contribution in [-0.4, -0.2) is 67.9 Å². The van der Waals surface area contributed by atoms with Gasteiger partial charge in [-0.25, -0.2) is 4.98 Å². The molecule has 3 amide bonds. The fraction of sp³-hybridized carbons (Fsp3) is 0.300. The van der Waals surface area contributed by atoms with Crippen molar-refractivity contribution in [2.75, 3.05) is 13.1 Å². The van der Waals surface area contributed by atoms with E-state index in [2.05, 4.69) is 21.7 Å². The molecule has 4 aliphatic heterocycles. The molecular formula is C30H25N7O4. The quantitative estimate of drug-likeness (QED) is 0.372. The number of ether oxygens (including phenoxy) is 1. The highest BCUT2D eigenvalue weighted by molar-refractivity contribution is 6.49. The molecule has 2 N–H and O–H groups in total. The summed E-state index contributed by atoms with van der Waals surface area (Å²) in [5.74, 6) is -0.995. The van der Waals surface area contributed by atoms with Gasteiger partial charge < -0.3 is 19.5 Å². The third kappa shape index (κ3) is 3.58. The van der Waals surface area contributed by atoms with Gasteiger partial charge in [-0.1, -0.05) is 18.2 Å². The molecule has 2 saturated heterocycles. The minimum absolute atomic E-state index is 0.00217. The minimum Gasteiger partial charge on any atom is -0.371 e. The molecule has 2 fully saturated rings. The Morgan fingerprint density at radius 3 is 2.66 bits per heavy atom. The molecule has 3 atom stereocenters. The molecule has 41 heavy (non-hydrogen) atoms. The van der Waals surface area contributed by atoms with Crippen molar-refractivity contribution in [3.05, 3.63) is 71.3 Å². The lowest BCUT2D eigenvalue weighted by molar-refractivity contribution is -0.142. The summed E-state index contributed by atoms with van der Waals surface area (Å²) in [5.41, 5.74) is 4.26. The number of nitrogens with zero attached hydrogens (tertiary/aromatic N) is 5. The first-order chi connectivity index (χ1) is 20.0. The van der Waals surface area contributed by atoms with Crippen LogP contribution in [0.3, 0.4) is 0 Å². The smallest absolute Gasteiger partial charge is 0.261 e. The fourth-order valence-electron chi connectivity index (χ4n) is 6.83. The maximum absolute atomic E-state index is 13.7. The molecule has 204 valence electrons. The second-order valence-electron chi connectivity index (χ2n) is 11.0. The Balaban J connectivity index is 1.25. The van der Waals surface area contributed by atoms with E-state index in [0.29, 0.717) is 47.6 Å². The number of fused-ring (bicyclic) bond motifs is 3. The maximum atomic E-state index is 13.7. The van der Waals surface area contributed by atoms with Crippen molar-refractivity contribution in [3.8, 4) is 6.07 Å². The SMILES string of the molecule is N#Cc1cc2c(C3=C(c4cnc5ccccn45)C(=O)NC3=O)ccc3c2n1CC(C(=O)N1CC2CCC(C1)O2)NC3. The van der Waals surface area contributed by atoms with Crippen molar-refractivity contribution in [2.24, 2.45) is 0 Å². The van der Waals surface area contributed by atoms with Gasteiger partial charge in [0, 0.05) is 37.8 Å². The Bertz CT molecular complexity index is 1880. The van der Waals surface area contributed by atoms with Gasteiger partial charge in [0.15, 0.2) is 0 Å². The molecule has 0 spiro atoms. The van der Waals surface area contributed by atoms with Crippen LogP contribution in [0.2, 0.25) is 0 Å². The van der Waals surface area contributed by atoms with Crippen molar-refractivity contribution in [1.82, 2.24) is 29.5 Å². The van der Waals surface area contributed by atoms with E-state index in [9.17, 15) is 19.6 Å². The lowest BCUT2D eigenvalue weighted by Crippen LogP contribution is -2.53. The van der Waals surface area contributed by atoms with Gasteiger partial charge in [-0.2, -0.15) is 5.26 Å². The van der Waals surface area contributed by atoms with Crippen LogP contribution in [0.25, 0.3) is 27.7 Å². The van der Waals surface area contributed by atoms with Crippen molar-refractivity contribution in [3.63, 3.8) is 0 Å². The number of imidazole rings is 1. The highest BCUT2D eigenvalue weighted by atomic mass is 16.5. The van der Waals surface area contributed by atoms with Gasteiger partial charge in [-0.3, -0.25) is 24.1 Å². The van der Waals surface area contributed by atoms with Crippen molar-refractivity contribution in [2.45, 2.75) is 44.2 Å². The largest absolute Gasteiger partial charge is 0.371 e. The number of aromatic nitrogens is 3. The first-order valence-electron chi connectivity index (χ1n) is 13.8.